The Morgan fingerprint density at radius 2 is 1.48 bits per heavy atom. The lowest BCUT2D eigenvalue weighted by Gasteiger charge is -2.33. The van der Waals surface area contributed by atoms with E-state index in [-0.39, 0.29) is 5.97 Å². The number of aryl methyl sites for hydroxylation is 1. The van der Waals surface area contributed by atoms with Crippen LogP contribution in [0.5, 0.6) is 0 Å². The van der Waals surface area contributed by atoms with E-state index in [1.165, 1.54) is 14.2 Å². The van der Waals surface area contributed by atoms with Crippen LogP contribution in [-0.4, -0.2) is 39.2 Å². The summed E-state index contributed by atoms with van der Waals surface area (Å²) < 4.78 is 10.4. The molecule has 0 aromatic heterocycles. The molecule has 1 saturated heterocycles. The maximum absolute atomic E-state index is 13.2. The zero-order chi connectivity index (χ0) is 23.1. The molecule has 0 aliphatic carbocycles. The van der Waals surface area contributed by atoms with Crippen LogP contribution in [0.4, 0.5) is 11.4 Å². The molecule has 3 aromatic carbocycles. The monoisotopic (exact) mass is 443 g/mol. The van der Waals surface area contributed by atoms with Gasteiger partial charge in [0.25, 0.3) is 0 Å². The van der Waals surface area contributed by atoms with Crippen LogP contribution in [0.15, 0.2) is 60.7 Å². The minimum Gasteiger partial charge on any atom is -0.469 e. The van der Waals surface area contributed by atoms with Crippen molar-refractivity contribution < 1.29 is 19.1 Å². The molecular formula is C25H26BN3O4. The molecule has 1 fully saturated rings. The van der Waals surface area contributed by atoms with Crippen LogP contribution in [-0.2, 0) is 19.1 Å². The molecule has 7 nitrogen and oxygen atoms in total. The van der Waals surface area contributed by atoms with Crippen LogP contribution >= 0.6 is 0 Å². The van der Waals surface area contributed by atoms with Gasteiger partial charge in [-0.15, -0.1) is 0 Å². The van der Waals surface area contributed by atoms with E-state index < -0.39 is 36.8 Å². The van der Waals surface area contributed by atoms with Crippen molar-refractivity contribution in [1.82, 2.24) is 5.32 Å². The van der Waals surface area contributed by atoms with Crippen molar-refractivity contribution in [3.05, 3.63) is 71.8 Å². The summed E-state index contributed by atoms with van der Waals surface area (Å²) in [6, 6.07) is 18.9. The summed E-state index contributed by atoms with van der Waals surface area (Å²) >= 11 is 0. The molecule has 0 amide bonds. The van der Waals surface area contributed by atoms with Gasteiger partial charge >= 0.3 is 18.9 Å². The van der Waals surface area contributed by atoms with Crippen LogP contribution in [0.25, 0.3) is 10.8 Å². The Morgan fingerprint density at radius 1 is 0.848 bits per heavy atom. The van der Waals surface area contributed by atoms with Crippen molar-refractivity contribution in [2.75, 3.05) is 24.7 Å². The number of carbonyl (C=O) groups excluding carboxylic acids is 2. The maximum Gasteiger partial charge on any atom is 0.376 e. The molecule has 4 atom stereocenters. The van der Waals surface area contributed by atoms with Crippen molar-refractivity contribution in [3.8, 4) is 0 Å². The zero-order valence-electron chi connectivity index (χ0n) is 18.8. The number of anilines is 2. The maximum atomic E-state index is 13.2. The number of esters is 2. The third-order valence-corrected chi connectivity index (χ3v) is 6.88. The van der Waals surface area contributed by atoms with Crippen LogP contribution in [0.3, 0.4) is 0 Å². The first-order valence-corrected chi connectivity index (χ1v) is 11.1. The lowest BCUT2D eigenvalue weighted by molar-refractivity contribution is -0.146. The summed E-state index contributed by atoms with van der Waals surface area (Å²) in [6.45, 7) is 1.60. The van der Waals surface area contributed by atoms with Gasteiger partial charge in [-0.2, -0.15) is 0 Å². The van der Waals surface area contributed by atoms with Crippen molar-refractivity contribution in [2.24, 2.45) is 5.92 Å². The SMILES string of the molecule is COC(=O)[C@H]1[C@@H](B2Nc3cccc4cccc(c34)N2)[C@@H](C(=O)OC)N[C@H]1c1ccccc1C. The Hall–Kier alpha value is -3.52. The van der Waals surface area contributed by atoms with Gasteiger partial charge in [0.1, 0.15) is 6.04 Å². The first kappa shape index (κ1) is 21.3. The smallest absolute Gasteiger partial charge is 0.376 e. The third-order valence-electron chi connectivity index (χ3n) is 6.88. The molecule has 0 spiro atoms. The van der Waals surface area contributed by atoms with Crippen molar-refractivity contribution in [2.45, 2.75) is 24.8 Å². The molecule has 3 N–H and O–H groups in total. The van der Waals surface area contributed by atoms with Gasteiger partial charge in [-0.3, -0.25) is 14.9 Å². The Morgan fingerprint density at radius 3 is 2.09 bits per heavy atom. The number of benzene rings is 3. The van der Waals surface area contributed by atoms with Gasteiger partial charge in [0.15, 0.2) is 0 Å². The number of hydrogen-bond donors (Lipinski definition) is 3. The average molecular weight is 443 g/mol. The molecule has 0 bridgehead atoms. The first-order chi connectivity index (χ1) is 16.0. The highest BCUT2D eigenvalue weighted by atomic mass is 16.5. The van der Waals surface area contributed by atoms with E-state index in [1.54, 1.807) is 0 Å². The van der Waals surface area contributed by atoms with E-state index in [9.17, 15) is 9.59 Å². The number of carbonyl (C=O) groups is 2. The number of rotatable bonds is 4. The molecule has 33 heavy (non-hydrogen) atoms. The topological polar surface area (TPSA) is 88.7 Å². The molecule has 0 unspecified atom stereocenters. The lowest BCUT2D eigenvalue weighted by Crippen LogP contribution is -2.50. The van der Waals surface area contributed by atoms with E-state index >= 15 is 0 Å². The summed E-state index contributed by atoms with van der Waals surface area (Å²) in [5.74, 6) is -1.87. The second kappa shape index (κ2) is 8.44. The predicted octanol–water partition coefficient (Wildman–Crippen LogP) is 3.52. The largest absolute Gasteiger partial charge is 0.469 e. The third kappa shape index (κ3) is 3.51. The Balaban J connectivity index is 1.60. The molecule has 2 aliphatic heterocycles. The highest BCUT2D eigenvalue weighted by molar-refractivity contribution is 6.70. The molecule has 168 valence electrons. The van der Waals surface area contributed by atoms with Crippen LogP contribution in [0.2, 0.25) is 5.82 Å². The van der Waals surface area contributed by atoms with E-state index in [2.05, 4.69) is 27.9 Å². The van der Waals surface area contributed by atoms with E-state index in [1.807, 2.05) is 55.5 Å². The number of ether oxygens (including phenoxy) is 2. The summed E-state index contributed by atoms with van der Waals surface area (Å²) in [6.07, 6.45) is 0. The lowest BCUT2D eigenvalue weighted by atomic mass is 9.53. The highest BCUT2D eigenvalue weighted by Crippen LogP contribution is 2.47. The molecule has 3 aromatic rings. The molecule has 0 saturated carbocycles. The predicted molar refractivity (Wildman–Crippen MR) is 129 cm³/mol. The van der Waals surface area contributed by atoms with Crippen LogP contribution < -0.4 is 15.8 Å². The van der Waals surface area contributed by atoms with E-state index in [4.69, 9.17) is 9.47 Å². The number of methoxy groups -OCH3 is 2. The summed E-state index contributed by atoms with van der Waals surface area (Å²) in [5.41, 5.74) is 3.91. The second-order valence-electron chi connectivity index (χ2n) is 8.60. The van der Waals surface area contributed by atoms with Gasteiger partial charge in [0, 0.05) is 28.6 Å². The summed E-state index contributed by atoms with van der Waals surface area (Å²) in [7, 11) is 2.75. The van der Waals surface area contributed by atoms with Gasteiger partial charge in [-0.05, 0) is 35.6 Å². The van der Waals surface area contributed by atoms with Crippen LogP contribution in [0, 0.1) is 12.8 Å². The van der Waals surface area contributed by atoms with E-state index in [0.717, 1.165) is 33.3 Å². The normalized spacial score (nSPS) is 23.5. The fourth-order valence-electron chi connectivity index (χ4n) is 5.38. The first-order valence-electron chi connectivity index (χ1n) is 11.1. The fraction of sp³-hybridized carbons (Fsp3) is 0.280. The number of hydrogen-bond acceptors (Lipinski definition) is 7. The van der Waals surface area contributed by atoms with Crippen molar-refractivity contribution in [3.63, 3.8) is 0 Å². The second-order valence-corrected chi connectivity index (χ2v) is 8.60. The van der Waals surface area contributed by atoms with Gasteiger partial charge < -0.3 is 19.9 Å². The van der Waals surface area contributed by atoms with Gasteiger partial charge in [-0.1, -0.05) is 48.5 Å². The van der Waals surface area contributed by atoms with Crippen molar-refractivity contribution in [1.29, 1.82) is 0 Å². The standard InChI is InChI=1S/C25H26BN3O4/c1-14-8-4-5-11-16(14)22-20(24(30)32-2)21(23(27-22)25(31)33-3)26-28-17-12-6-9-15-10-7-13-18(29-26)19(15)17/h4-13,20-23,27-29H,1-3H3/t20-,21+,22-,23-/m0/s1. The minimum atomic E-state index is -0.710. The Labute approximate surface area is 193 Å². The minimum absolute atomic E-state index is 0.368. The highest BCUT2D eigenvalue weighted by Gasteiger charge is 2.57. The Kier molecular flexibility index (Phi) is 5.46. The number of nitrogens with one attached hydrogen (secondary N) is 3. The molecule has 2 aliphatic rings. The summed E-state index contributed by atoms with van der Waals surface area (Å²) in [4.78, 5) is 26.1. The van der Waals surface area contributed by atoms with E-state index in [0.29, 0.717) is 0 Å². The Bertz CT molecular complexity index is 1190. The molecule has 5 rings (SSSR count). The molecule has 0 radical (unpaired) electrons. The quantitative estimate of drug-likeness (QED) is 0.420. The average Bonchev–Trinajstić information content (AvgIpc) is 3.24. The van der Waals surface area contributed by atoms with Gasteiger partial charge in [0.05, 0.1) is 20.1 Å². The molecular weight excluding hydrogens is 417 g/mol. The summed E-state index contributed by atoms with van der Waals surface area (Å²) in [5, 5.41) is 12.7. The molecule has 8 heteroatoms. The van der Waals surface area contributed by atoms with Crippen molar-refractivity contribution >= 4 is 41.1 Å². The van der Waals surface area contributed by atoms with Gasteiger partial charge in [0.2, 0.25) is 0 Å². The van der Waals surface area contributed by atoms with Gasteiger partial charge in [-0.25, -0.2) is 0 Å². The molecule has 2 heterocycles. The zero-order valence-corrected chi connectivity index (χ0v) is 18.8. The van der Waals surface area contributed by atoms with Crippen LogP contribution in [0.1, 0.15) is 17.2 Å². The fourth-order valence-corrected chi connectivity index (χ4v) is 5.38.